The van der Waals surface area contributed by atoms with E-state index >= 15 is 0 Å². The number of aromatic nitrogens is 1. The molecule has 0 amide bonds. The lowest BCUT2D eigenvalue weighted by atomic mass is 10.1. The zero-order chi connectivity index (χ0) is 21.0. The van der Waals surface area contributed by atoms with Gasteiger partial charge in [-0.1, -0.05) is 34.6 Å². The topological polar surface area (TPSA) is 37.0 Å². The van der Waals surface area contributed by atoms with Crippen molar-refractivity contribution in [2.45, 2.75) is 12.7 Å². The van der Waals surface area contributed by atoms with Gasteiger partial charge in [0.15, 0.2) is 0 Å². The van der Waals surface area contributed by atoms with Crippen LogP contribution in [-0.4, -0.2) is 4.98 Å². The SMILES string of the molecule is C=C(Nc1ccc(F)cc1)c1cc(C(F)(F)F)cnc1NCc1ccc(Br)cc1. The fourth-order valence-electron chi connectivity index (χ4n) is 2.55. The Bertz CT molecular complexity index is 1000. The van der Waals surface area contributed by atoms with Crippen molar-refractivity contribution in [3.05, 3.63) is 94.4 Å². The third kappa shape index (κ3) is 5.57. The predicted molar refractivity (Wildman–Crippen MR) is 110 cm³/mol. The number of hydrogen-bond donors (Lipinski definition) is 2. The van der Waals surface area contributed by atoms with Crippen LogP contribution in [-0.2, 0) is 12.7 Å². The molecule has 0 bridgehead atoms. The minimum Gasteiger partial charge on any atom is -0.365 e. The van der Waals surface area contributed by atoms with Crippen LogP contribution in [0.5, 0.6) is 0 Å². The van der Waals surface area contributed by atoms with Crippen molar-refractivity contribution < 1.29 is 17.6 Å². The largest absolute Gasteiger partial charge is 0.417 e. The van der Waals surface area contributed by atoms with Gasteiger partial charge in [0.25, 0.3) is 0 Å². The van der Waals surface area contributed by atoms with E-state index in [0.717, 1.165) is 22.3 Å². The molecule has 29 heavy (non-hydrogen) atoms. The van der Waals surface area contributed by atoms with E-state index in [1.165, 1.54) is 24.3 Å². The van der Waals surface area contributed by atoms with Crippen LogP contribution in [0.25, 0.3) is 5.70 Å². The Balaban J connectivity index is 1.87. The van der Waals surface area contributed by atoms with Crippen molar-refractivity contribution in [3.63, 3.8) is 0 Å². The van der Waals surface area contributed by atoms with E-state index in [1.54, 1.807) is 0 Å². The molecule has 0 saturated carbocycles. The van der Waals surface area contributed by atoms with Gasteiger partial charge in [0.2, 0.25) is 0 Å². The van der Waals surface area contributed by atoms with E-state index in [-0.39, 0.29) is 17.1 Å². The van der Waals surface area contributed by atoms with Crippen LogP contribution in [0.2, 0.25) is 0 Å². The highest BCUT2D eigenvalue weighted by Gasteiger charge is 2.32. The Morgan fingerprint density at radius 3 is 2.31 bits per heavy atom. The molecular formula is C21H16BrF4N3. The molecule has 3 nitrogen and oxygen atoms in total. The van der Waals surface area contributed by atoms with Crippen LogP contribution < -0.4 is 10.6 Å². The molecule has 8 heteroatoms. The lowest BCUT2D eigenvalue weighted by Gasteiger charge is -2.17. The van der Waals surface area contributed by atoms with Gasteiger partial charge in [-0.2, -0.15) is 13.2 Å². The second kappa shape index (κ2) is 8.65. The molecule has 0 aliphatic carbocycles. The summed E-state index contributed by atoms with van der Waals surface area (Å²) in [7, 11) is 0. The Labute approximate surface area is 173 Å². The second-order valence-electron chi connectivity index (χ2n) is 6.21. The molecule has 1 heterocycles. The van der Waals surface area contributed by atoms with Crippen LogP contribution in [0.4, 0.5) is 29.1 Å². The lowest BCUT2D eigenvalue weighted by molar-refractivity contribution is -0.137. The number of nitrogens with one attached hydrogen (secondary N) is 2. The van der Waals surface area contributed by atoms with Gasteiger partial charge in [0.05, 0.1) is 5.56 Å². The van der Waals surface area contributed by atoms with Crippen molar-refractivity contribution in [1.82, 2.24) is 4.98 Å². The fourth-order valence-corrected chi connectivity index (χ4v) is 2.82. The van der Waals surface area contributed by atoms with E-state index in [2.05, 4.69) is 38.1 Å². The third-order valence-electron chi connectivity index (χ3n) is 4.05. The summed E-state index contributed by atoms with van der Waals surface area (Å²) >= 11 is 3.35. The molecule has 0 saturated heterocycles. The summed E-state index contributed by atoms with van der Waals surface area (Å²) in [6.07, 6.45) is -3.76. The van der Waals surface area contributed by atoms with E-state index in [1.807, 2.05) is 24.3 Å². The van der Waals surface area contributed by atoms with Crippen molar-refractivity contribution >= 4 is 33.1 Å². The van der Waals surface area contributed by atoms with E-state index in [4.69, 9.17) is 0 Å². The molecule has 150 valence electrons. The Kier molecular flexibility index (Phi) is 6.22. The first-order chi connectivity index (χ1) is 13.7. The molecule has 2 aromatic carbocycles. The van der Waals surface area contributed by atoms with Crippen LogP contribution >= 0.6 is 15.9 Å². The van der Waals surface area contributed by atoms with Gasteiger partial charge in [0.1, 0.15) is 11.6 Å². The number of anilines is 2. The summed E-state index contributed by atoms with van der Waals surface area (Å²) < 4.78 is 53.5. The van der Waals surface area contributed by atoms with Crippen LogP contribution in [0.1, 0.15) is 16.7 Å². The number of nitrogens with zero attached hydrogens (tertiary/aromatic N) is 1. The van der Waals surface area contributed by atoms with Crippen LogP contribution in [0, 0.1) is 5.82 Å². The minimum absolute atomic E-state index is 0.168. The summed E-state index contributed by atoms with van der Waals surface area (Å²) in [4.78, 5) is 3.95. The second-order valence-corrected chi connectivity index (χ2v) is 7.12. The first-order valence-electron chi connectivity index (χ1n) is 8.50. The number of pyridine rings is 1. The van der Waals surface area contributed by atoms with Gasteiger partial charge >= 0.3 is 6.18 Å². The molecule has 3 aromatic rings. The zero-order valence-electron chi connectivity index (χ0n) is 15.0. The van der Waals surface area contributed by atoms with Crippen molar-refractivity contribution in [2.24, 2.45) is 0 Å². The monoisotopic (exact) mass is 465 g/mol. The van der Waals surface area contributed by atoms with E-state index < -0.39 is 17.6 Å². The fraction of sp³-hybridized carbons (Fsp3) is 0.0952. The third-order valence-corrected chi connectivity index (χ3v) is 4.58. The van der Waals surface area contributed by atoms with Gasteiger partial charge in [-0.15, -0.1) is 0 Å². The zero-order valence-corrected chi connectivity index (χ0v) is 16.6. The summed E-state index contributed by atoms with van der Waals surface area (Å²) in [6.45, 7) is 4.20. The van der Waals surface area contributed by atoms with Crippen LogP contribution in [0.3, 0.4) is 0 Å². The number of rotatable bonds is 6. The average Bonchev–Trinajstić information content (AvgIpc) is 2.68. The van der Waals surface area contributed by atoms with Gasteiger partial charge in [-0.3, -0.25) is 0 Å². The van der Waals surface area contributed by atoms with Crippen molar-refractivity contribution in [3.8, 4) is 0 Å². The maximum absolute atomic E-state index is 13.2. The molecule has 0 radical (unpaired) electrons. The Morgan fingerprint density at radius 1 is 1.03 bits per heavy atom. The molecule has 2 N–H and O–H groups in total. The van der Waals surface area contributed by atoms with E-state index in [9.17, 15) is 17.6 Å². The molecule has 0 spiro atoms. The summed E-state index contributed by atoms with van der Waals surface area (Å²) in [5, 5.41) is 5.94. The summed E-state index contributed by atoms with van der Waals surface area (Å²) in [5.74, 6) is -0.167. The standard InChI is InChI=1S/C21H16BrF4N3/c1-13(29-18-8-6-17(23)7-9-18)19-10-15(21(24,25)26)12-28-20(19)27-11-14-2-4-16(22)5-3-14/h2-10,12,29H,1,11H2,(H,27,28). The molecule has 0 aliphatic heterocycles. The smallest absolute Gasteiger partial charge is 0.365 e. The summed E-state index contributed by atoms with van der Waals surface area (Å²) in [6, 6.07) is 13.9. The molecular weight excluding hydrogens is 450 g/mol. The van der Waals surface area contributed by atoms with Gasteiger partial charge in [-0.25, -0.2) is 9.37 Å². The van der Waals surface area contributed by atoms with Crippen molar-refractivity contribution in [2.75, 3.05) is 10.6 Å². The molecule has 0 atom stereocenters. The normalized spacial score (nSPS) is 11.2. The minimum atomic E-state index is -4.54. The Hall–Kier alpha value is -2.87. The lowest BCUT2D eigenvalue weighted by Crippen LogP contribution is -2.11. The highest BCUT2D eigenvalue weighted by atomic mass is 79.9. The highest BCUT2D eigenvalue weighted by Crippen LogP contribution is 2.33. The number of hydrogen-bond acceptors (Lipinski definition) is 3. The number of halogens is 5. The average molecular weight is 466 g/mol. The summed E-state index contributed by atoms with van der Waals surface area (Å²) in [5.41, 5.74) is 0.907. The first kappa shape index (κ1) is 20.9. The van der Waals surface area contributed by atoms with Gasteiger partial charge in [0, 0.05) is 34.2 Å². The maximum Gasteiger partial charge on any atom is 0.417 e. The van der Waals surface area contributed by atoms with Crippen LogP contribution in [0.15, 0.2) is 71.8 Å². The first-order valence-corrected chi connectivity index (χ1v) is 9.29. The number of alkyl halides is 3. The highest BCUT2D eigenvalue weighted by molar-refractivity contribution is 9.10. The predicted octanol–water partition coefficient (Wildman–Crippen LogP) is 6.70. The van der Waals surface area contributed by atoms with Gasteiger partial charge in [-0.05, 0) is 48.0 Å². The van der Waals surface area contributed by atoms with E-state index in [0.29, 0.717) is 12.2 Å². The maximum atomic E-state index is 13.2. The molecule has 0 fully saturated rings. The molecule has 0 aliphatic rings. The van der Waals surface area contributed by atoms with Gasteiger partial charge < -0.3 is 10.6 Å². The molecule has 1 aromatic heterocycles. The van der Waals surface area contributed by atoms with Crippen molar-refractivity contribution in [1.29, 1.82) is 0 Å². The molecule has 3 rings (SSSR count). The molecule has 0 unspecified atom stereocenters. The Morgan fingerprint density at radius 2 is 1.69 bits per heavy atom. The quantitative estimate of drug-likeness (QED) is 0.397. The number of benzene rings is 2.